The van der Waals surface area contributed by atoms with E-state index in [1.807, 2.05) is 48.5 Å². The highest BCUT2D eigenvalue weighted by Crippen LogP contribution is 2.50. The minimum Gasteiger partial charge on any atom is -0.273 e. The Morgan fingerprint density at radius 1 is 0.811 bits per heavy atom. The summed E-state index contributed by atoms with van der Waals surface area (Å²) in [5, 5.41) is 2.15. The molecule has 3 aromatic carbocycles. The fraction of sp³-hybridized carbons (Fsp3) is 0.148. The monoisotopic (exact) mass is 551 g/mol. The number of anilines is 2. The first-order valence-electron chi connectivity index (χ1n) is 11.5. The van der Waals surface area contributed by atoms with Gasteiger partial charge in [-0.05, 0) is 48.9 Å². The normalized spacial score (nSPS) is 21.1. The number of carbonyl (C=O) groups excluding carboxylic acids is 2. The lowest BCUT2D eigenvalue weighted by molar-refractivity contribution is -0.126. The fourth-order valence-corrected chi connectivity index (χ4v) is 6.54. The second-order valence-electron chi connectivity index (χ2n) is 8.75. The van der Waals surface area contributed by atoms with Gasteiger partial charge in [-0.1, -0.05) is 77.0 Å². The van der Waals surface area contributed by atoms with Gasteiger partial charge in [0.05, 0.1) is 21.9 Å². The molecule has 6 rings (SSSR count). The first kappa shape index (κ1) is 23.9. The van der Waals surface area contributed by atoms with Crippen molar-refractivity contribution in [1.82, 2.24) is 4.57 Å². The quantitative estimate of drug-likeness (QED) is 0.310. The fourth-order valence-electron chi connectivity index (χ4n) is 4.91. The highest BCUT2D eigenvalue weighted by Gasteiger charge is 2.61. The molecule has 3 heterocycles. The summed E-state index contributed by atoms with van der Waals surface area (Å²) in [4.78, 5) is 48.1. The Bertz CT molecular complexity index is 1590. The number of aromatic nitrogens is 1. The number of hydrogen-bond acceptors (Lipinski definition) is 6. The van der Waals surface area contributed by atoms with Gasteiger partial charge in [-0.25, -0.2) is 9.96 Å². The van der Waals surface area contributed by atoms with E-state index in [-0.39, 0.29) is 10.0 Å². The number of nitrogens with zero attached hydrogens (tertiary/aromatic N) is 3. The number of halogens is 2. The standard InChI is InChI=1S/C27H19Cl2N3O4S/c1-15-18(28)13-8-14-19(15)31-25(33)20-21(32(36-22(20)26(31)34)17-11-6-3-7-12-17)23-24(29)30(27(35)37-23)16-9-4-2-5-10-16/h2-14,20-22H,1H3/t20-,21+,22-/m1/s1. The van der Waals surface area contributed by atoms with Crippen molar-refractivity contribution in [3.05, 3.63) is 109 Å². The summed E-state index contributed by atoms with van der Waals surface area (Å²) in [7, 11) is 0. The lowest BCUT2D eigenvalue weighted by Crippen LogP contribution is -2.37. The lowest BCUT2D eigenvalue weighted by Gasteiger charge is -2.28. The van der Waals surface area contributed by atoms with Crippen LogP contribution in [0.15, 0.2) is 83.7 Å². The van der Waals surface area contributed by atoms with E-state index < -0.39 is 29.9 Å². The molecular formula is C27H19Cl2N3O4S. The summed E-state index contributed by atoms with van der Waals surface area (Å²) in [5.41, 5.74) is 2.26. The SMILES string of the molecule is Cc1c(Cl)cccc1N1C(=O)[C@@H]2[C@@H](c3sc(=O)n(-c4ccccc4)c3Cl)N(c3ccccc3)O[C@H]2C1=O. The Hall–Kier alpha value is -3.43. The van der Waals surface area contributed by atoms with Crippen molar-refractivity contribution < 1.29 is 14.4 Å². The van der Waals surface area contributed by atoms with Crippen LogP contribution in [0.3, 0.4) is 0 Å². The van der Waals surface area contributed by atoms with Gasteiger partial charge in [0, 0.05) is 5.02 Å². The predicted molar refractivity (Wildman–Crippen MR) is 144 cm³/mol. The number of hydrogen-bond donors (Lipinski definition) is 0. The minimum absolute atomic E-state index is 0.175. The summed E-state index contributed by atoms with van der Waals surface area (Å²) in [6.45, 7) is 1.75. The molecule has 2 fully saturated rings. The Morgan fingerprint density at radius 3 is 2.14 bits per heavy atom. The molecule has 0 radical (unpaired) electrons. The van der Waals surface area contributed by atoms with E-state index in [0.29, 0.717) is 32.5 Å². The Balaban J connectivity index is 1.50. The third-order valence-electron chi connectivity index (χ3n) is 6.67. The van der Waals surface area contributed by atoms with Crippen LogP contribution < -0.4 is 14.8 Å². The zero-order valence-electron chi connectivity index (χ0n) is 19.4. The molecule has 4 aromatic rings. The van der Waals surface area contributed by atoms with Crippen molar-refractivity contribution in [2.24, 2.45) is 5.92 Å². The van der Waals surface area contributed by atoms with Crippen LogP contribution in [0.5, 0.6) is 0 Å². The lowest BCUT2D eigenvalue weighted by atomic mass is 9.95. The van der Waals surface area contributed by atoms with Gasteiger partial charge in [0.15, 0.2) is 6.10 Å². The van der Waals surface area contributed by atoms with Crippen molar-refractivity contribution in [1.29, 1.82) is 0 Å². The highest BCUT2D eigenvalue weighted by atomic mass is 35.5. The van der Waals surface area contributed by atoms with Gasteiger partial charge in [-0.3, -0.25) is 23.8 Å². The zero-order valence-corrected chi connectivity index (χ0v) is 21.7. The van der Waals surface area contributed by atoms with Crippen molar-refractivity contribution in [3.8, 4) is 5.69 Å². The third-order valence-corrected chi connectivity index (χ3v) is 8.57. The van der Waals surface area contributed by atoms with Gasteiger partial charge in [0.25, 0.3) is 5.91 Å². The van der Waals surface area contributed by atoms with Crippen LogP contribution in [0, 0.1) is 12.8 Å². The second-order valence-corrected chi connectivity index (χ2v) is 10.5. The molecule has 2 saturated heterocycles. The average Bonchev–Trinajstić information content (AvgIpc) is 3.51. The van der Waals surface area contributed by atoms with Gasteiger partial charge in [0.1, 0.15) is 17.1 Å². The van der Waals surface area contributed by atoms with Crippen LogP contribution in [-0.2, 0) is 14.4 Å². The largest absolute Gasteiger partial charge is 0.313 e. The third kappa shape index (κ3) is 3.71. The number of benzene rings is 3. The van der Waals surface area contributed by atoms with Crippen molar-refractivity contribution >= 4 is 57.7 Å². The molecular weight excluding hydrogens is 533 g/mol. The van der Waals surface area contributed by atoms with E-state index in [1.54, 1.807) is 37.3 Å². The van der Waals surface area contributed by atoms with Crippen LogP contribution in [0.4, 0.5) is 11.4 Å². The number of hydroxylamine groups is 1. The summed E-state index contributed by atoms with van der Waals surface area (Å²) < 4.78 is 1.40. The number of amides is 2. The number of rotatable bonds is 4. The molecule has 0 bridgehead atoms. The average molecular weight is 552 g/mol. The zero-order chi connectivity index (χ0) is 25.8. The maximum Gasteiger partial charge on any atom is 0.313 e. The van der Waals surface area contributed by atoms with Crippen LogP contribution in [0.1, 0.15) is 16.5 Å². The highest BCUT2D eigenvalue weighted by molar-refractivity contribution is 7.10. The topological polar surface area (TPSA) is 71.8 Å². The first-order chi connectivity index (χ1) is 17.9. The molecule has 1 aromatic heterocycles. The van der Waals surface area contributed by atoms with E-state index in [0.717, 1.165) is 16.2 Å². The molecule has 0 unspecified atom stereocenters. The van der Waals surface area contributed by atoms with Crippen molar-refractivity contribution in [2.45, 2.75) is 19.1 Å². The van der Waals surface area contributed by atoms with E-state index in [9.17, 15) is 14.4 Å². The van der Waals surface area contributed by atoms with Gasteiger partial charge < -0.3 is 0 Å². The molecule has 10 heteroatoms. The van der Waals surface area contributed by atoms with Crippen LogP contribution in [0.2, 0.25) is 10.2 Å². The number of thiazole rings is 1. The number of carbonyl (C=O) groups is 2. The summed E-state index contributed by atoms with van der Waals surface area (Å²) in [6, 6.07) is 22.4. The number of imide groups is 1. The van der Waals surface area contributed by atoms with E-state index in [1.165, 1.54) is 9.63 Å². The molecule has 37 heavy (non-hydrogen) atoms. The molecule has 186 valence electrons. The maximum absolute atomic E-state index is 13.9. The second kappa shape index (κ2) is 9.15. The summed E-state index contributed by atoms with van der Waals surface area (Å²) in [6.07, 6.45) is -1.09. The van der Waals surface area contributed by atoms with E-state index in [4.69, 9.17) is 28.0 Å². The number of fused-ring (bicyclic) bond motifs is 1. The van der Waals surface area contributed by atoms with Crippen LogP contribution in [0.25, 0.3) is 5.69 Å². The van der Waals surface area contributed by atoms with Crippen molar-refractivity contribution in [2.75, 3.05) is 9.96 Å². The molecule has 2 aliphatic rings. The maximum atomic E-state index is 13.9. The smallest absolute Gasteiger partial charge is 0.273 e. The minimum atomic E-state index is -1.09. The van der Waals surface area contributed by atoms with Crippen LogP contribution >= 0.6 is 34.5 Å². The van der Waals surface area contributed by atoms with Gasteiger partial charge in [0.2, 0.25) is 5.91 Å². The summed E-state index contributed by atoms with van der Waals surface area (Å²) in [5.74, 6) is -1.85. The van der Waals surface area contributed by atoms with Gasteiger partial charge >= 0.3 is 4.87 Å². The molecule has 0 saturated carbocycles. The van der Waals surface area contributed by atoms with E-state index >= 15 is 0 Å². The molecule has 0 aliphatic carbocycles. The van der Waals surface area contributed by atoms with E-state index in [2.05, 4.69) is 0 Å². The Morgan fingerprint density at radius 2 is 1.46 bits per heavy atom. The first-order valence-corrected chi connectivity index (χ1v) is 13.1. The van der Waals surface area contributed by atoms with Gasteiger partial charge in [-0.2, -0.15) is 0 Å². The molecule has 7 nitrogen and oxygen atoms in total. The predicted octanol–water partition coefficient (Wildman–Crippen LogP) is 5.57. The Labute approximate surface area is 226 Å². The van der Waals surface area contributed by atoms with Gasteiger partial charge in [-0.15, -0.1) is 0 Å². The molecule has 3 atom stereocenters. The number of para-hydroxylation sites is 2. The molecule has 0 spiro atoms. The van der Waals surface area contributed by atoms with Crippen LogP contribution in [-0.4, -0.2) is 22.5 Å². The molecule has 2 aliphatic heterocycles. The summed E-state index contributed by atoms with van der Waals surface area (Å²) >= 11 is 14.1. The molecule has 0 N–H and O–H groups in total. The van der Waals surface area contributed by atoms with Crippen molar-refractivity contribution in [3.63, 3.8) is 0 Å². The molecule has 2 amide bonds. The Kier molecular flexibility index (Phi) is 5.92.